The lowest BCUT2D eigenvalue weighted by Crippen LogP contribution is -2.41. The molecular formula is C35H37ClN4O6. The number of carboxylic acids is 1. The summed E-state index contributed by atoms with van der Waals surface area (Å²) in [4.78, 5) is 24.1. The van der Waals surface area contributed by atoms with Crippen LogP contribution in [0.2, 0.25) is 5.02 Å². The van der Waals surface area contributed by atoms with Gasteiger partial charge in [0.25, 0.3) is 0 Å². The van der Waals surface area contributed by atoms with Gasteiger partial charge in [0.1, 0.15) is 12.4 Å². The summed E-state index contributed by atoms with van der Waals surface area (Å²) in [5.74, 6) is 1.57. The van der Waals surface area contributed by atoms with Gasteiger partial charge in [-0.25, -0.2) is 14.8 Å². The Bertz CT molecular complexity index is 1770. The van der Waals surface area contributed by atoms with Gasteiger partial charge in [0.15, 0.2) is 0 Å². The summed E-state index contributed by atoms with van der Waals surface area (Å²) in [5, 5.41) is 10.3. The Morgan fingerprint density at radius 1 is 1.04 bits per heavy atom. The van der Waals surface area contributed by atoms with Gasteiger partial charge in [0.05, 0.1) is 67.9 Å². The lowest BCUT2D eigenvalue weighted by molar-refractivity contribution is -0.0592. The molecule has 240 valence electrons. The van der Waals surface area contributed by atoms with Crippen molar-refractivity contribution in [2.45, 2.75) is 57.1 Å². The van der Waals surface area contributed by atoms with Gasteiger partial charge in [-0.1, -0.05) is 23.7 Å². The van der Waals surface area contributed by atoms with E-state index in [1.54, 1.807) is 12.1 Å². The van der Waals surface area contributed by atoms with Crippen molar-refractivity contribution in [3.63, 3.8) is 0 Å². The Kier molecular flexibility index (Phi) is 8.16. The number of hydrogen-bond acceptors (Lipinski definition) is 8. The van der Waals surface area contributed by atoms with E-state index in [-0.39, 0.29) is 23.5 Å². The highest BCUT2D eigenvalue weighted by molar-refractivity contribution is 6.31. The largest absolute Gasteiger partial charge is 0.478 e. The van der Waals surface area contributed by atoms with Crippen LogP contribution in [0.25, 0.3) is 11.0 Å². The number of piperidine rings is 1. The van der Waals surface area contributed by atoms with Crippen LogP contribution in [-0.2, 0) is 40.5 Å². The van der Waals surface area contributed by atoms with Crippen molar-refractivity contribution in [1.82, 2.24) is 19.4 Å². The summed E-state index contributed by atoms with van der Waals surface area (Å²) in [6, 6.07) is 15.4. The summed E-state index contributed by atoms with van der Waals surface area (Å²) in [5.41, 5.74) is 6.25. The standard InChI is InChI=1S/C35H37ClN4O6/c36-29-11-21(26-18-44-19-26)1-2-23(29)20-46-33-6-4-24-16-43-17-25-13-39(9-7-28(25)34(24)38-33)15-32-37-30-5-3-22(35(41)42)12-31(30)40(32)14-27-8-10-45-27/h1-6,11-12,25-28H,7-10,13-20H2,(H,41,42)/t25?,27-,28?/m0/s1. The predicted octanol–water partition coefficient (Wildman–Crippen LogP) is 5.40. The van der Waals surface area contributed by atoms with Gasteiger partial charge in [-0.05, 0) is 60.8 Å². The van der Waals surface area contributed by atoms with E-state index in [9.17, 15) is 9.90 Å². The molecule has 0 bridgehead atoms. The highest BCUT2D eigenvalue weighted by Gasteiger charge is 2.36. The number of imidazole rings is 1. The number of carboxylic acid groups (broad SMARTS) is 1. The van der Waals surface area contributed by atoms with Gasteiger partial charge in [0.2, 0.25) is 5.88 Å². The monoisotopic (exact) mass is 644 g/mol. The molecule has 0 amide bonds. The lowest BCUT2D eigenvalue weighted by Gasteiger charge is -2.37. The summed E-state index contributed by atoms with van der Waals surface area (Å²) < 4.78 is 25.6. The maximum Gasteiger partial charge on any atom is 0.335 e. The van der Waals surface area contributed by atoms with Crippen LogP contribution in [0.1, 0.15) is 63.2 Å². The normalized spacial score (nSPS) is 23.2. The molecule has 2 aromatic heterocycles. The zero-order chi connectivity index (χ0) is 31.2. The van der Waals surface area contributed by atoms with E-state index in [0.29, 0.717) is 49.7 Å². The Balaban J connectivity index is 0.973. The van der Waals surface area contributed by atoms with Crippen molar-refractivity contribution >= 4 is 28.6 Å². The second-order valence-corrected chi connectivity index (χ2v) is 13.3. The van der Waals surface area contributed by atoms with Crippen LogP contribution in [-0.4, -0.2) is 76.1 Å². The first-order valence-electron chi connectivity index (χ1n) is 16.1. The minimum absolute atomic E-state index is 0.127. The average molecular weight is 645 g/mol. The van der Waals surface area contributed by atoms with Crippen LogP contribution >= 0.6 is 11.6 Å². The van der Waals surface area contributed by atoms with Crippen LogP contribution < -0.4 is 4.74 Å². The first-order valence-corrected chi connectivity index (χ1v) is 16.5. The summed E-state index contributed by atoms with van der Waals surface area (Å²) in [7, 11) is 0. The number of hydrogen-bond donors (Lipinski definition) is 1. The molecule has 0 saturated carbocycles. The van der Waals surface area contributed by atoms with E-state index in [0.717, 1.165) is 79.4 Å². The fourth-order valence-electron chi connectivity index (χ4n) is 7.09. The number of rotatable bonds is 9. The second kappa shape index (κ2) is 12.6. The molecule has 8 rings (SSSR count). The number of ether oxygens (including phenoxy) is 4. The maximum absolute atomic E-state index is 11.7. The zero-order valence-electron chi connectivity index (χ0n) is 25.6. The summed E-state index contributed by atoms with van der Waals surface area (Å²) >= 11 is 6.61. The highest BCUT2D eigenvalue weighted by atomic mass is 35.5. The molecule has 3 saturated heterocycles. The van der Waals surface area contributed by atoms with Crippen LogP contribution in [0, 0.1) is 5.92 Å². The Morgan fingerprint density at radius 2 is 1.93 bits per heavy atom. The quantitative estimate of drug-likeness (QED) is 0.256. The number of likely N-dealkylation sites (tertiary alicyclic amines) is 1. The number of pyridine rings is 1. The Labute approximate surface area is 272 Å². The van der Waals surface area contributed by atoms with E-state index in [1.807, 2.05) is 24.3 Å². The average Bonchev–Trinajstić information content (AvgIpc) is 3.22. The molecule has 2 aromatic carbocycles. The van der Waals surface area contributed by atoms with Crippen LogP contribution in [0.4, 0.5) is 0 Å². The van der Waals surface area contributed by atoms with Crippen LogP contribution in [0.5, 0.6) is 5.88 Å². The van der Waals surface area contributed by atoms with Crippen molar-refractivity contribution in [3.05, 3.63) is 87.3 Å². The van der Waals surface area contributed by atoms with Crippen LogP contribution in [0.3, 0.4) is 0 Å². The molecule has 0 aliphatic carbocycles. The molecule has 4 aromatic rings. The van der Waals surface area contributed by atoms with Crippen molar-refractivity contribution in [1.29, 1.82) is 0 Å². The molecule has 3 atom stereocenters. The third kappa shape index (κ3) is 5.89. The highest BCUT2D eigenvalue weighted by Crippen LogP contribution is 2.38. The van der Waals surface area contributed by atoms with Gasteiger partial charge in [-0.15, -0.1) is 0 Å². The molecule has 2 unspecified atom stereocenters. The van der Waals surface area contributed by atoms with Crippen molar-refractivity contribution in [2.24, 2.45) is 5.92 Å². The molecule has 0 radical (unpaired) electrons. The van der Waals surface area contributed by atoms with E-state index in [2.05, 4.69) is 21.6 Å². The van der Waals surface area contributed by atoms with Crippen molar-refractivity contribution in [3.8, 4) is 5.88 Å². The molecular weight excluding hydrogens is 608 g/mol. The number of benzene rings is 2. The number of aromatic nitrogens is 3. The number of nitrogens with zero attached hydrogens (tertiary/aromatic N) is 4. The Morgan fingerprint density at radius 3 is 2.70 bits per heavy atom. The number of carbonyl (C=O) groups is 1. The van der Waals surface area contributed by atoms with Gasteiger partial charge in [-0.3, -0.25) is 4.90 Å². The fraction of sp³-hybridized carbons (Fsp3) is 0.457. The third-order valence-corrected chi connectivity index (χ3v) is 10.3. The van der Waals surface area contributed by atoms with E-state index < -0.39 is 5.97 Å². The van der Waals surface area contributed by atoms with Crippen molar-refractivity contribution < 1.29 is 28.8 Å². The van der Waals surface area contributed by atoms with Crippen LogP contribution in [0.15, 0.2) is 48.5 Å². The fourth-order valence-corrected chi connectivity index (χ4v) is 7.33. The van der Waals surface area contributed by atoms with Gasteiger partial charge < -0.3 is 28.6 Å². The number of halogens is 1. The topological polar surface area (TPSA) is 108 Å². The van der Waals surface area contributed by atoms with E-state index in [4.69, 9.17) is 40.5 Å². The molecule has 0 spiro atoms. The summed E-state index contributed by atoms with van der Waals surface area (Å²) in [6.45, 7) is 6.91. The second-order valence-electron chi connectivity index (χ2n) is 12.9. The summed E-state index contributed by atoms with van der Waals surface area (Å²) in [6.07, 6.45) is 2.07. The SMILES string of the molecule is O=C(O)c1ccc2nc(CN3CCC4c5nc(OCc6ccc(C7COC7)cc6Cl)ccc5COCC4C3)n(C[C@@H]3CCO3)c2c1. The lowest BCUT2D eigenvalue weighted by atomic mass is 9.82. The molecule has 10 nitrogen and oxygen atoms in total. The smallest absolute Gasteiger partial charge is 0.335 e. The first kappa shape index (κ1) is 29.8. The zero-order valence-corrected chi connectivity index (χ0v) is 26.3. The number of fused-ring (bicyclic) bond motifs is 4. The van der Waals surface area contributed by atoms with Gasteiger partial charge in [-0.2, -0.15) is 0 Å². The maximum atomic E-state index is 11.7. The molecule has 6 heterocycles. The minimum atomic E-state index is -0.938. The minimum Gasteiger partial charge on any atom is -0.478 e. The molecule has 4 aliphatic rings. The number of aromatic carboxylic acids is 1. The van der Waals surface area contributed by atoms with E-state index in [1.165, 1.54) is 5.56 Å². The van der Waals surface area contributed by atoms with Gasteiger partial charge in [0, 0.05) is 47.6 Å². The van der Waals surface area contributed by atoms with Crippen molar-refractivity contribution in [2.75, 3.05) is 39.5 Å². The first-order chi connectivity index (χ1) is 22.5. The van der Waals surface area contributed by atoms with E-state index >= 15 is 0 Å². The van der Waals surface area contributed by atoms with Gasteiger partial charge >= 0.3 is 5.97 Å². The molecule has 1 N–H and O–H groups in total. The third-order valence-electron chi connectivity index (χ3n) is 9.93. The molecule has 11 heteroatoms. The molecule has 3 fully saturated rings. The Hall–Kier alpha value is -3.54. The molecule has 4 aliphatic heterocycles. The predicted molar refractivity (Wildman–Crippen MR) is 170 cm³/mol. The molecule has 46 heavy (non-hydrogen) atoms.